The highest BCUT2D eigenvalue weighted by molar-refractivity contribution is 5.81. The molecule has 0 radical (unpaired) electrons. The number of carbonyl (C=O) groups excluding carboxylic acids is 1. The zero-order valence-corrected chi connectivity index (χ0v) is 15.9. The van der Waals surface area contributed by atoms with Crippen molar-refractivity contribution in [3.8, 4) is 0 Å². The van der Waals surface area contributed by atoms with Crippen molar-refractivity contribution in [1.82, 2.24) is 14.9 Å². The van der Waals surface area contributed by atoms with Crippen molar-refractivity contribution in [1.29, 1.82) is 0 Å². The van der Waals surface area contributed by atoms with Gasteiger partial charge in [0.25, 0.3) is 0 Å². The molecule has 0 bridgehead atoms. The van der Waals surface area contributed by atoms with Gasteiger partial charge in [0.2, 0.25) is 5.91 Å². The van der Waals surface area contributed by atoms with Crippen LogP contribution in [0.15, 0.2) is 19.0 Å². The molecular formula is C17H25F5N4O2. The van der Waals surface area contributed by atoms with E-state index in [2.05, 4.69) is 26.6 Å². The lowest BCUT2D eigenvalue weighted by Crippen LogP contribution is -2.44. The Kier molecular flexibility index (Phi) is 12.7. The van der Waals surface area contributed by atoms with E-state index in [9.17, 15) is 26.7 Å². The van der Waals surface area contributed by atoms with Crippen LogP contribution in [0.3, 0.4) is 0 Å². The number of hydrogen-bond acceptors (Lipinski definition) is 5. The van der Waals surface area contributed by atoms with Crippen molar-refractivity contribution in [3.63, 3.8) is 0 Å². The first-order valence-electron chi connectivity index (χ1n) is 8.49. The number of nitrogens with one attached hydrogen (secondary N) is 1. The van der Waals surface area contributed by atoms with Gasteiger partial charge in [-0.2, -0.15) is 0 Å². The van der Waals surface area contributed by atoms with Gasteiger partial charge in [0.15, 0.2) is 11.6 Å². The summed E-state index contributed by atoms with van der Waals surface area (Å²) in [4.78, 5) is 21.1. The van der Waals surface area contributed by atoms with Gasteiger partial charge in [0, 0.05) is 20.2 Å². The number of carbonyl (C=O) groups is 1. The third kappa shape index (κ3) is 10.8. The maximum atomic E-state index is 13.9. The minimum absolute atomic E-state index is 0.0173. The number of likely N-dealkylation sites (tertiary alicyclic amines) is 1. The fourth-order valence-electron chi connectivity index (χ4n) is 1.78. The molecule has 1 aromatic heterocycles. The van der Waals surface area contributed by atoms with Crippen LogP contribution < -0.4 is 5.32 Å². The lowest BCUT2D eigenvalue weighted by molar-refractivity contribution is -0.311. The Morgan fingerprint density at radius 3 is 2.36 bits per heavy atom. The lowest BCUT2D eigenvalue weighted by atomic mass is 10.2. The highest BCUT2D eigenvalue weighted by Gasteiger charge is 2.25. The number of ether oxygens (including phenoxy) is 1. The maximum absolute atomic E-state index is 13.9. The molecule has 0 aliphatic carbocycles. The molecule has 0 unspecified atom stereocenters. The van der Waals surface area contributed by atoms with Gasteiger partial charge >= 0.3 is 6.36 Å². The van der Waals surface area contributed by atoms with Crippen molar-refractivity contribution in [2.24, 2.45) is 0 Å². The van der Waals surface area contributed by atoms with Crippen LogP contribution in [0.2, 0.25) is 0 Å². The number of halogens is 5. The van der Waals surface area contributed by atoms with Crippen LogP contribution in [-0.2, 0) is 16.0 Å². The molecule has 28 heavy (non-hydrogen) atoms. The van der Waals surface area contributed by atoms with E-state index in [-0.39, 0.29) is 18.3 Å². The minimum Gasteiger partial charge on any atom is -0.358 e. The molecule has 1 fully saturated rings. The highest BCUT2D eigenvalue weighted by Crippen LogP contribution is 2.15. The second-order valence-corrected chi connectivity index (χ2v) is 5.41. The van der Waals surface area contributed by atoms with Crippen molar-refractivity contribution < 1.29 is 31.5 Å². The Balaban J connectivity index is 0.000000608. The van der Waals surface area contributed by atoms with Gasteiger partial charge < -0.3 is 10.2 Å². The molecule has 160 valence electrons. The number of rotatable bonds is 6. The van der Waals surface area contributed by atoms with E-state index in [1.54, 1.807) is 4.90 Å². The number of aromatic nitrogens is 2. The first kappa shape index (κ1) is 25.7. The van der Waals surface area contributed by atoms with Crippen LogP contribution >= 0.6 is 0 Å². The third-order valence-corrected chi connectivity index (χ3v) is 3.30. The van der Waals surface area contributed by atoms with Gasteiger partial charge in [-0.05, 0) is 12.8 Å². The number of hydrogen-bond donors (Lipinski definition) is 1. The summed E-state index contributed by atoms with van der Waals surface area (Å²) in [5.41, 5.74) is 0.395. The molecule has 1 saturated heterocycles. The second kappa shape index (κ2) is 13.8. The molecular weight excluding hydrogens is 387 g/mol. The quantitative estimate of drug-likeness (QED) is 0.572. The van der Waals surface area contributed by atoms with Crippen LogP contribution in [-0.4, -0.2) is 60.6 Å². The van der Waals surface area contributed by atoms with E-state index in [1.807, 2.05) is 6.92 Å². The average Bonchev–Trinajstić information content (AvgIpc) is 2.61. The van der Waals surface area contributed by atoms with E-state index < -0.39 is 18.9 Å². The number of nitrogens with zero attached hydrogens (tertiary/aromatic N) is 3. The van der Waals surface area contributed by atoms with Crippen LogP contribution in [0.5, 0.6) is 0 Å². The highest BCUT2D eigenvalue weighted by atomic mass is 19.4. The summed E-state index contributed by atoms with van der Waals surface area (Å²) in [5.74, 6) is -0.352. The van der Waals surface area contributed by atoms with Gasteiger partial charge in [-0.1, -0.05) is 19.4 Å². The standard InChI is InChI=1S/C12H17FN4O.C3H5F.C2H3F3O/c1-2-4-9-11(13)12(16-8-15-9)14-7-10(18)17-5-3-6-17;1-2-3-4;1-6-2(3,4)5/h8H,2-7H2,1H3,(H,14,15,16);2H,1,3H2;1H3. The fourth-order valence-corrected chi connectivity index (χ4v) is 1.78. The van der Waals surface area contributed by atoms with Crippen molar-refractivity contribution in [2.75, 3.05) is 38.7 Å². The maximum Gasteiger partial charge on any atom is 0.522 e. The Morgan fingerprint density at radius 1 is 1.39 bits per heavy atom. The van der Waals surface area contributed by atoms with Crippen molar-refractivity contribution >= 4 is 11.7 Å². The van der Waals surface area contributed by atoms with E-state index in [4.69, 9.17) is 0 Å². The fraction of sp³-hybridized carbons (Fsp3) is 0.588. The monoisotopic (exact) mass is 412 g/mol. The Labute approximate surface area is 160 Å². The molecule has 6 nitrogen and oxygen atoms in total. The largest absolute Gasteiger partial charge is 0.522 e. The Morgan fingerprint density at radius 2 is 1.96 bits per heavy atom. The first-order chi connectivity index (χ1) is 13.2. The normalized spacial score (nSPS) is 12.6. The topological polar surface area (TPSA) is 67.4 Å². The van der Waals surface area contributed by atoms with E-state index in [0.29, 0.717) is 19.2 Å². The molecule has 1 aliphatic rings. The van der Waals surface area contributed by atoms with Gasteiger partial charge in [-0.3, -0.25) is 9.53 Å². The van der Waals surface area contributed by atoms with Gasteiger partial charge in [-0.15, -0.1) is 19.8 Å². The van der Waals surface area contributed by atoms with Gasteiger partial charge in [0.05, 0.1) is 12.2 Å². The minimum atomic E-state index is -4.46. The lowest BCUT2D eigenvalue weighted by Gasteiger charge is -2.30. The number of methoxy groups -OCH3 is 1. The molecule has 1 aromatic rings. The predicted molar refractivity (Wildman–Crippen MR) is 94.9 cm³/mol. The molecule has 0 aromatic carbocycles. The summed E-state index contributed by atoms with van der Waals surface area (Å²) in [5, 5.41) is 2.74. The number of aryl methyl sites for hydroxylation is 1. The summed E-state index contributed by atoms with van der Waals surface area (Å²) in [7, 11) is 0.583. The van der Waals surface area contributed by atoms with Crippen molar-refractivity contribution in [3.05, 3.63) is 30.5 Å². The number of amides is 1. The van der Waals surface area contributed by atoms with Crippen LogP contribution in [0.25, 0.3) is 0 Å². The molecule has 0 spiro atoms. The van der Waals surface area contributed by atoms with E-state index in [0.717, 1.165) is 25.9 Å². The van der Waals surface area contributed by atoms with E-state index >= 15 is 0 Å². The Hall–Kier alpha value is -2.30. The molecule has 1 amide bonds. The Bertz CT molecular complexity index is 595. The van der Waals surface area contributed by atoms with Crippen LogP contribution in [0.1, 0.15) is 25.5 Å². The van der Waals surface area contributed by atoms with Crippen LogP contribution in [0.4, 0.5) is 27.8 Å². The summed E-state index contributed by atoms with van der Waals surface area (Å²) in [6.45, 7) is 6.33. The molecule has 2 rings (SSSR count). The molecule has 11 heteroatoms. The van der Waals surface area contributed by atoms with Gasteiger partial charge in [0.1, 0.15) is 13.0 Å². The number of allylic oxidation sites excluding steroid dienone is 1. The summed E-state index contributed by atoms with van der Waals surface area (Å²) in [6, 6.07) is 0. The molecule has 1 N–H and O–H groups in total. The summed E-state index contributed by atoms with van der Waals surface area (Å²) in [6.07, 6.45) is 0.516. The van der Waals surface area contributed by atoms with Crippen molar-refractivity contribution in [2.45, 2.75) is 32.5 Å². The second-order valence-electron chi connectivity index (χ2n) is 5.41. The molecule has 0 saturated carbocycles. The third-order valence-electron chi connectivity index (χ3n) is 3.30. The SMILES string of the molecule is C=CCF.CCCc1ncnc(NCC(=O)N2CCC2)c1F.COC(F)(F)F. The molecule has 1 aliphatic heterocycles. The van der Waals surface area contributed by atoms with Crippen LogP contribution in [0, 0.1) is 5.82 Å². The van der Waals surface area contributed by atoms with Gasteiger partial charge in [-0.25, -0.2) is 18.7 Å². The van der Waals surface area contributed by atoms with E-state index in [1.165, 1.54) is 12.4 Å². The summed E-state index contributed by atoms with van der Waals surface area (Å²) < 4.78 is 59.1. The summed E-state index contributed by atoms with van der Waals surface area (Å²) >= 11 is 0. The number of alkyl halides is 4. The average molecular weight is 412 g/mol. The zero-order chi connectivity index (χ0) is 21.6. The zero-order valence-electron chi connectivity index (χ0n) is 15.9. The molecule has 2 heterocycles. The molecule has 0 atom stereocenters. The smallest absolute Gasteiger partial charge is 0.358 e. The predicted octanol–water partition coefficient (Wildman–Crippen LogP) is 3.51. The number of anilines is 1. The first-order valence-corrected chi connectivity index (χ1v) is 8.49.